The van der Waals surface area contributed by atoms with Crippen LogP contribution in [-0.4, -0.2) is 21.9 Å². The molecule has 21 heavy (non-hydrogen) atoms. The van der Waals surface area contributed by atoms with Crippen molar-refractivity contribution in [2.75, 3.05) is 5.32 Å². The van der Waals surface area contributed by atoms with E-state index in [9.17, 15) is 9.90 Å². The van der Waals surface area contributed by atoms with Gasteiger partial charge in [-0.2, -0.15) is 0 Å². The summed E-state index contributed by atoms with van der Waals surface area (Å²) in [5.74, 6) is -0.340. The maximum Gasteiger partial charge on any atom is 0.255 e. The van der Waals surface area contributed by atoms with E-state index < -0.39 is 0 Å². The molecule has 3 N–H and O–H groups in total. The van der Waals surface area contributed by atoms with Crippen LogP contribution in [0.1, 0.15) is 22.8 Å². The first kappa shape index (κ1) is 15.1. The molecule has 0 aromatic heterocycles. The van der Waals surface area contributed by atoms with E-state index in [2.05, 4.69) is 26.4 Å². The van der Waals surface area contributed by atoms with E-state index in [0.717, 1.165) is 0 Å². The molecule has 0 aliphatic heterocycles. The first-order valence-electron chi connectivity index (χ1n) is 6.10. The summed E-state index contributed by atoms with van der Waals surface area (Å²) in [6.45, 7) is 1.66. The number of carbonyl (C=O) groups is 1. The molecule has 6 heteroatoms. The number of halogens is 1. The number of phenolic OH excluding ortho intramolecular Hbond substituents is 1. The van der Waals surface area contributed by atoms with Crippen molar-refractivity contribution in [3.05, 3.63) is 58.1 Å². The van der Waals surface area contributed by atoms with Gasteiger partial charge in [-0.25, -0.2) is 0 Å². The first-order chi connectivity index (χ1) is 10.0. The summed E-state index contributed by atoms with van der Waals surface area (Å²) in [5, 5.41) is 24.2. The second-order valence-electron chi connectivity index (χ2n) is 4.39. The van der Waals surface area contributed by atoms with Crippen LogP contribution < -0.4 is 5.32 Å². The van der Waals surface area contributed by atoms with Crippen LogP contribution in [0.4, 0.5) is 5.69 Å². The molecule has 0 saturated heterocycles. The van der Waals surface area contributed by atoms with Crippen molar-refractivity contribution in [3.63, 3.8) is 0 Å². The second-order valence-corrected chi connectivity index (χ2v) is 5.24. The summed E-state index contributed by atoms with van der Waals surface area (Å²) in [6.07, 6.45) is 0. The minimum Gasteiger partial charge on any atom is -0.507 e. The molecule has 0 aliphatic carbocycles. The molecular formula is C15H13BrN2O3. The highest BCUT2D eigenvalue weighted by atomic mass is 79.9. The maximum absolute atomic E-state index is 12.1. The Morgan fingerprint density at radius 1 is 1.19 bits per heavy atom. The minimum absolute atomic E-state index is 0.000316. The van der Waals surface area contributed by atoms with Crippen molar-refractivity contribution in [2.24, 2.45) is 5.16 Å². The highest BCUT2D eigenvalue weighted by Gasteiger charge is 2.09. The molecule has 0 fully saturated rings. The Kier molecular flexibility index (Phi) is 4.59. The maximum atomic E-state index is 12.1. The number of oxime groups is 1. The fourth-order valence-electron chi connectivity index (χ4n) is 1.74. The van der Waals surface area contributed by atoms with E-state index in [1.165, 1.54) is 6.07 Å². The van der Waals surface area contributed by atoms with Crippen LogP contribution in [0.3, 0.4) is 0 Å². The third-order valence-electron chi connectivity index (χ3n) is 2.90. The molecule has 0 unspecified atom stereocenters. The number of hydrogen-bond donors (Lipinski definition) is 3. The summed E-state index contributed by atoms with van der Waals surface area (Å²) < 4.78 is 0.524. The third-order valence-corrected chi connectivity index (χ3v) is 3.57. The Labute approximate surface area is 130 Å². The van der Waals surface area contributed by atoms with Crippen molar-refractivity contribution in [2.45, 2.75) is 6.92 Å². The quantitative estimate of drug-likeness (QED) is 0.450. The van der Waals surface area contributed by atoms with Gasteiger partial charge in [-0.1, -0.05) is 17.3 Å². The number of benzene rings is 2. The van der Waals surface area contributed by atoms with Gasteiger partial charge in [0.2, 0.25) is 0 Å². The number of hydrogen-bond acceptors (Lipinski definition) is 4. The van der Waals surface area contributed by atoms with Gasteiger partial charge < -0.3 is 15.6 Å². The Morgan fingerprint density at radius 3 is 2.62 bits per heavy atom. The minimum atomic E-state index is -0.339. The lowest BCUT2D eigenvalue weighted by Crippen LogP contribution is -2.12. The van der Waals surface area contributed by atoms with Crippen LogP contribution in [0.15, 0.2) is 52.1 Å². The molecule has 0 heterocycles. The zero-order valence-electron chi connectivity index (χ0n) is 11.2. The number of anilines is 1. The van der Waals surface area contributed by atoms with Crippen molar-refractivity contribution in [1.82, 2.24) is 0 Å². The number of carbonyl (C=O) groups excluding carboxylic acids is 1. The monoisotopic (exact) mass is 348 g/mol. The lowest BCUT2D eigenvalue weighted by atomic mass is 10.1. The van der Waals surface area contributed by atoms with Crippen LogP contribution in [-0.2, 0) is 0 Å². The van der Waals surface area contributed by atoms with E-state index in [0.29, 0.717) is 27.0 Å². The fourth-order valence-corrected chi connectivity index (χ4v) is 1.98. The van der Waals surface area contributed by atoms with Crippen molar-refractivity contribution in [3.8, 4) is 5.75 Å². The molecule has 0 saturated carbocycles. The van der Waals surface area contributed by atoms with Crippen LogP contribution >= 0.6 is 15.9 Å². The van der Waals surface area contributed by atoms with Gasteiger partial charge in [0.05, 0.1) is 10.2 Å². The Morgan fingerprint density at radius 2 is 1.95 bits per heavy atom. The molecule has 0 atom stereocenters. The molecule has 2 aromatic carbocycles. The van der Waals surface area contributed by atoms with Crippen LogP contribution in [0.2, 0.25) is 0 Å². The number of rotatable bonds is 3. The Balaban J connectivity index is 2.21. The predicted molar refractivity (Wildman–Crippen MR) is 84.2 cm³/mol. The summed E-state index contributed by atoms with van der Waals surface area (Å²) >= 11 is 3.16. The Bertz CT molecular complexity index is 714. The summed E-state index contributed by atoms with van der Waals surface area (Å²) in [7, 11) is 0. The van der Waals surface area contributed by atoms with Gasteiger partial charge in [-0.05, 0) is 53.2 Å². The van der Waals surface area contributed by atoms with Crippen LogP contribution in [0.5, 0.6) is 5.75 Å². The Hall–Kier alpha value is -2.34. The van der Waals surface area contributed by atoms with E-state index in [1.54, 1.807) is 43.3 Å². The number of nitrogens with one attached hydrogen (secondary N) is 1. The van der Waals surface area contributed by atoms with E-state index >= 15 is 0 Å². The van der Waals surface area contributed by atoms with Crippen molar-refractivity contribution in [1.29, 1.82) is 0 Å². The fraction of sp³-hybridized carbons (Fsp3) is 0.0667. The van der Waals surface area contributed by atoms with Gasteiger partial charge in [-0.15, -0.1) is 0 Å². The van der Waals surface area contributed by atoms with Gasteiger partial charge in [0.25, 0.3) is 5.91 Å². The number of aromatic hydroxyl groups is 1. The number of nitrogens with zero attached hydrogens (tertiary/aromatic N) is 1. The normalized spacial score (nSPS) is 11.2. The van der Waals surface area contributed by atoms with E-state index in [4.69, 9.17) is 5.21 Å². The smallest absolute Gasteiger partial charge is 0.255 e. The topological polar surface area (TPSA) is 81.9 Å². The molecule has 2 rings (SSSR count). The highest BCUT2D eigenvalue weighted by Crippen LogP contribution is 2.24. The lowest BCUT2D eigenvalue weighted by molar-refractivity contribution is 0.102. The number of phenols is 1. The van der Waals surface area contributed by atoms with Gasteiger partial charge in [0.1, 0.15) is 5.75 Å². The average Bonchev–Trinajstić information content (AvgIpc) is 2.49. The molecule has 108 valence electrons. The van der Waals surface area contributed by atoms with E-state index in [-0.39, 0.29) is 11.7 Å². The predicted octanol–water partition coefficient (Wildman–Crippen LogP) is 3.61. The van der Waals surface area contributed by atoms with Gasteiger partial charge in [-0.3, -0.25) is 4.79 Å². The molecule has 0 spiro atoms. The molecular weight excluding hydrogens is 336 g/mol. The summed E-state index contributed by atoms with van der Waals surface area (Å²) in [5.41, 5.74) is 2.07. The molecule has 1 amide bonds. The van der Waals surface area contributed by atoms with Gasteiger partial charge >= 0.3 is 0 Å². The van der Waals surface area contributed by atoms with E-state index in [1.807, 2.05) is 0 Å². The standard InChI is InChI=1S/C15H13BrN2O3/c1-9(18-21)10-3-2-4-12(7-10)17-15(20)11-5-6-13(16)14(19)8-11/h2-8,19,21H,1H3,(H,17,20)/b18-9-. The second kappa shape index (κ2) is 6.41. The number of amides is 1. The molecule has 0 radical (unpaired) electrons. The summed E-state index contributed by atoms with van der Waals surface area (Å²) in [6, 6.07) is 11.5. The van der Waals surface area contributed by atoms with Crippen LogP contribution in [0.25, 0.3) is 0 Å². The summed E-state index contributed by atoms with van der Waals surface area (Å²) in [4.78, 5) is 12.1. The third kappa shape index (κ3) is 3.61. The zero-order valence-corrected chi connectivity index (χ0v) is 12.8. The first-order valence-corrected chi connectivity index (χ1v) is 6.89. The molecule has 0 bridgehead atoms. The van der Waals surface area contributed by atoms with Crippen molar-refractivity contribution >= 4 is 33.2 Å². The largest absolute Gasteiger partial charge is 0.507 e. The van der Waals surface area contributed by atoms with Crippen molar-refractivity contribution < 1.29 is 15.1 Å². The average molecular weight is 349 g/mol. The molecule has 2 aromatic rings. The molecule has 0 aliphatic rings. The van der Waals surface area contributed by atoms with Gasteiger partial charge in [0, 0.05) is 16.8 Å². The zero-order chi connectivity index (χ0) is 15.4. The molecule has 5 nitrogen and oxygen atoms in total. The van der Waals surface area contributed by atoms with Gasteiger partial charge in [0.15, 0.2) is 0 Å². The lowest BCUT2D eigenvalue weighted by Gasteiger charge is -2.08. The SMILES string of the molecule is C/C(=N/O)c1cccc(NC(=O)c2ccc(Br)c(O)c2)c1. The highest BCUT2D eigenvalue weighted by molar-refractivity contribution is 9.10. The van der Waals surface area contributed by atoms with Crippen LogP contribution in [0, 0.1) is 0 Å².